The predicted octanol–water partition coefficient (Wildman–Crippen LogP) is -1.65. The Hall–Kier alpha value is -5.54. The minimum absolute atomic E-state index is 0.634. The summed E-state index contributed by atoms with van der Waals surface area (Å²) in [5.41, 5.74) is 6.17. The van der Waals surface area contributed by atoms with Crippen LogP contribution in [0.3, 0.4) is 0 Å². The Balaban J connectivity index is 2.95. The summed E-state index contributed by atoms with van der Waals surface area (Å²) in [6.45, 7) is 7.82. The van der Waals surface area contributed by atoms with E-state index in [1.54, 1.807) is 0 Å². The van der Waals surface area contributed by atoms with Gasteiger partial charge in [-0.05, 0) is 0 Å². The molecule has 0 aromatic heterocycles. The smallest absolute Gasteiger partial charge is 0.304 e. The van der Waals surface area contributed by atoms with Gasteiger partial charge in [0, 0.05) is 76.3 Å². The van der Waals surface area contributed by atoms with Crippen molar-refractivity contribution in [2.45, 2.75) is 155 Å². The Morgan fingerprint density at radius 3 is 1.27 bits per heavy atom. The first-order valence-electron chi connectivity index (χ1n) is 19.4. The van der Waals surface area contributed by atoms with Gasteiger partial charge in [-0.3, -0.25) is 53.7 Å². The van der Waals surface area contributed by atoms with Crippen LogP contribution in [0.25, 0.3) is 0 Å². The van der Waals surface area contributed by atoms with Gasteiger partial charge in [0.2, 0.25) is 0 Å². The van der Waals surface area contributed by atoms with Crippen molar-refractivity contribution in [2.24, 2.45) is 5.73 Å². The van der Waals surface area contributed by atoms with Crippen LogP contribution in [0.5, 0.6) is 0 Å². The molecule has 0 bridgehead atoms. The molecule has 26 heteroatoms. The molecule has 26 nitrogen and oxygen atoms in total. The molecule has 2 heterocycles. The maximum atomic E-state index is 12.9. The molecule has 2 fully saturated rings. The van der Waals surface area contributed by atoms with E-state index in [0.717, 1.165) is 76.3 Å². The Labute approximate surface area is 366 Å². The third kappa shape index (κ3) is 17.6. The van der Waals surface area contributed by atoms with Crippen LogP contribution in [0.2, 0.25) is 0 Å². The van der Waals surface area contributed by atoms with Crippen LogP contribution in [0.1, 0.15) is 69.2 Å². The number of hydrogen-bond donors (Lipinski definition) is 1. The van der Waals surface area contributed by atoms with Crippen molar-refractivity contribution in [2.75, 3.05) is 26.9 Å². The number of rotatable bonds is 21. The number of hydrogen-bond acceptors (Lipinski definition) is 26. The molecule has 0 aromatic rings. The molecule has 0 saturated carbocycles. The number of carbonyl (C=O) groups is 10. The van der Waals surface area contributed by atoms with Crippen molar-refractivity contribution in [1.82, 2.24) is 0 Å². The van der Waals surface area contributed by atoms with Gasteiger partial charge in [0.15, 0.2) is 55.4 Å². The Kier molecular flexibility index (Phi) is 21.9. The zero-order valence-electron chi connectivity index (χ0n) is 37.0. The highest BCUT2D eigenvalue weighted by molar-refractivity contribution is 5.70. The fourth-order valence-corrected chi connectivity index (χ4v) is 6.38. The van der Waals surface area contributed by atoms with Crippen molar-refractivity contribution < 1.29 is 119 Å². The van der Waals surface area contributed by atoms with E-state index in [1.807, 2.05) is 0 Å². The molecule has 14 atom stereocenters. The molecule has 0 aliphatic carbocycles. The molecule has 2 rings (SSSR count). The molecule has 8 unspecified atom stereocenters. The first kappa shape index (κ1) is 54.6. The summed E-state index contributed by atoms with van der Waals surface area (Å²) in [5, 5.41) is 0. The van der Waals surface area contributed by atoms with Crippen LogP contribution in [0, 0.1) is 0 Å². The summed E-state index contributed by atoms with van der Waals surface area (Å²) in [5.74, 6) is -9.50. The lowest BCUT2D eigenvalue weighted by Crippen LogP contribution is -2.68. The van der Waals surface area contributed by atoms with Gasteiger partial charge in [-0.2, -0.15) is 0 Å². The Bertz CT molecular complexity index is 1690. The van der Waals surface area contributed by atoms with Gasteiger partial charge in [-0.25, -0.2) is 0 Å². The molecule has 2 aliphatic heterocycles. The third-order valence-corrected chi connectivity index (χ3v) is 8.55. The number of carbonyl (C=O) groups excluding carboxylic acids is 10. The molecule has 64 heavy (non-hydrogen) atoms. The molecule has 0 aromatic carbocycles. The molecule has 0 radical (unpaired) electrons. The average molecular weight is 926 g/mol. The van der Waals surface area contributed by atoms with Gasteiger partial charge in [0.05, 0.1) is 0 Å². The van der Waals surface area contributed by atoms with E-state index in [9.17, 15) is 47.9 Å². The quantitative estimate of drug-likeness (QED) is 0.0765. The van der Waals surface area contributed by atoms with Crippen molar-refractivity contribution in [1.29, 1.82) is 0 Å². The zero-order chi connectivity index (χ0) is 48.6. The number of ether oxygens (including phenoxy) is 15. The summed E-state index contributed by atoms with van der Waals surface area (Å²) >= 11 is 0. The second-order valence-electron chi connectivity index (χ2n) is 14.0. The third-order valence-electron chi connectivity index (χ3n) is 8.55. The largest absolute Gasteiger partial charge is 0.463 e. The summed E-state index contributed by atoms with van der Waals surface area (Å²) in [6.07, 6.45) is -25.1. The predicted molar refractivity (Wildman–Crippen MR) is 201 cm³/mol. The topological polar surface area (TPSA) is 335 Å². The highest BCUT2D eigenvalue weighted by Gasteiger charge is 2.58. The summed E-state index contributed by atoms with van der Waals surface area (Å²) in [4.78, 5) is 124. The Morgan fingerprint density at radius 1 is 0.453 bits per heavy atom. The second-order valence-corrected chi connectivity index (χ2v) is 14.0. The van der Waals surface area contributed by atoms with E-state index in [4.69, 9.17) is 76.8 Å². The van der Waals surface area contributed by atoms with Crippen molar-refractivity contribution in [3.05, 3.63) is 0 Å². The van der Waals surface area contributed by atoms with Gasteiger partial charge in [-0.1, -0.05) is 0 Å². The molecule has 362 valence electrons. The van der Waals surface area contributed by atoms with Crippen LogP contribution < -0.4 is 5.73 Å². The molecule has 0 spiro atoms. The number of esters is 10. The molecule has 0 amide bonds. The van der Waals surface area contributed by atoms with Gasteiger partial charge >= 0.3 is 59.7 Å². The number of nitrogens with two attached hydrogens (primary N) is 1. The summed E-state index contributed by atoms with van der Waals surface area (Å²) < 4.78 is 84.2. The first-order chi connectivity index (χ1) is 29.8. The highest BCUT2D eigenvalue weighted by Crippen LogP contribution is 2.36. The molecule has 2 aliphatic rings. The molecular weight excluding hydrogens is 870 g/mol. The van der Waals surface area contributed by atoms with Crippen LogP contribution in [0.15, 0.2) is 0 Å². The van der Waals surface area contributed by atoms with Gasteiger partial charge in [0.1, 0.15) is 50.3 Å². The maximum absolute atomic E-state index is 12.9. The van der Waals surface area contributed by atoms with E-state index in [1.165, 1.54) is 0 Å². The van der Waals surface area contributed by atoms with Crippen LogP contribution >= 0.6 is 0 Å². The molecule has 2 N–H and O–H groups in total. The standard InChI is InChI=1S/C38H55NO25/c1-15(40)51-12-25(50-11)28(33(57-21(7)46)36(39)60-24(10)49)63-37-35(59-23(9)48)32(56-20(6)45)30(27(62-37)14-53-17(3)42)64-38-34(58-22(8)47)31(55-19(5)44)29(54-18(4)43)26(61-38)13-52-16(2)41/h25-38H,12-14,39H2,1-11H3/t25?,26?,27?,28-,29-,30-,31?,32?,33?,34?,35?,36+,37-,38-/m1/s1. The fourth-order valence-electron chi connectivity index (χ4n) is 6.38. The highest BCUT2D eigenvalue weighted by atomic mass is 16.8. The average Bonchev–Trinajstić information content (AvgIpc) is 3.15. The van der Waals surface area contributed by atoms with Gasteiger partial charge in [0.25, 0.3) is 0 Å². The minimum Gasteiger partial charge on any atom is -0.463 e. The number of methoxy groups -OCH3 is 1. The van der Waals surface area contributed by atoms with Gasteiger partial charge < -0.3 is 71.1 Å². The first-order valence-corrected chi connectivity index (χ1v) is 19.4. The fraction of sp³-hybridized carbons (Fsp3) is 0.737. The van der Waals surface area contributed by atoms with Crippen molar-refractivity contribution >= 4 is 59.7 Å². The van der Waals surface area contributed by atoms with E-state index >= 15 is 0 Å². The minimum atomic E-state index is -2.02. The van der Waals surface area contributed by atoms with E-state index in [0.29, 0.717) is 0 Å². The monoisotopic (exact) mass is 925 g/mol. The summed E-state index contributed by atoms with van der Waals surface area (Å²) in [6, 6.07) is 0. The van der Waals surface area contributed by atoms with E-state index in [2.05, 4.69) is 0 Å². The molecule has 2 saturated heterocycles. The lowest BCUT2D eigenvalue weighted by molar-refractivity contribution is -0.369. The van der Waals surface area contributed by atoms with Gasteiger partial charge in [-0.15, -0.1) is 0 Å². The van der Waals surface area contributed by atoms with E-state index in [-0.39, 0.29) is 0 Å². The van der Waals surface area contributed by atoms with E-state index < -0.39 is 165 Å². The normalized spacial score (nSPS) is 27.1. The lowest BCUT2D eigenvalue weighted by Gasteiger charge is -2.49. The molecular formula is C38H55NO25. The summed E-state index contributed by atoms with van der Waals surface area (Å²) in [7, 11) is 1.13. The van der Waals surface area contributed by atoms with Crippen molar-refractivity contribution in [3.8, 4) is 0 Å². The lowest BCUT2D eigenvalue weighted by atomic mass is 9.95. The SMILES string of the molecule is COC(COC(C)=O)[C@@H](O[C@H]1OC(COC(C)=O)[C@@H](O[C@H]2OC(COC(C)=O)[C@@H](OC(C)=O)C(OC(C)=O)C2OC(C)=O)C(OC(C)=O)C1OC(C)=O)C(OC(C)=O)[C@@H](N)OC(C)=O. The maximum Gasteiger partial charge on any atom is 0.304 e. The zero-order valence-corrected chi connectivity index (χ0v) is 37.0. The van der Waals surface area contributed by atoms with Crippen LogP contribution in [-0.2, 0) is 119 Å². The Morgan fingerprint density at radius 2 is 0.844 bits per heavy atom. The van der Waals surface area contributed by atoms with Crippen LogP contribution in [-0.4, -0.2) is 173 Å². The second kappa shape index (κ2) is 25.7. The van der Waals surface area contributed by atoms with Crippen molar-refractivity contribution in [3.63, 3.8) is 0 Å². The van der Waals surface area contributed by atoms with Crippen LogP contribution in [0.4, 0.5) is 0 Å².